The van der Waals surface area contributed by atoms with Crippen molar-refractivity contribution in [3.05, 3.63) is 58.4 Å². The summed E-state index contributed by atoms with van der Waals surface area (Å²) in [5.74, 6) is -0.767. The predicted molar refractivity (Wildman–Crippen MR) is 84.7 cm³/mol. The number of carbonyl (C=O) groups excluding carboxylic acids is 1. The van der Waals surface area contributed by atoms with Gasteiger partial charge < -0.3 is 10.6 Å². The molecule has 0 spiro atoms. The van der Waals surface area contributed by atoms with Crippen LogP contribution in [0, 0.1) is 12.7 Å². The summed E-state index contributed by atoms with van der Waals surface area (Å²) in [5.41, 5.74) is 2.57. The first-order valence-corrected chi connectivity index (χ1v) is 7.00. The number of amides is 1. The molecule has 2 aromatic carbocycles. The highest BCUT2D eigenvalue weighted by Crippen LogP contribution is 2.24. The lowest BCUT2D eigenvalue weighted by Gasteiger charge is -2.11. The summed E-state index contributed by atoms with van der Waals surface area (Å²) in [6.45, 7) is 4.66. The molecule has 0 bridgehead atoms. The first-order chi connectivity index (χ1) is 10.0. The molecule has 0 aromatic heterocycles. The fraction of sp³-hybridized carbons (Fsp3) is 0.188. The topological polar surface area (TPSA) is 41.1 Å². The second-order valence-corrected chi connectivity index (χ2v) is 5.05. The van der Waals surface area contributed by atoms with Gasteiger partial charge in [-0.15, -0.1) is 0 Å². The molecule has 0 saturated carbocycles. The van der Waals surface area contributed by atoms with E-state index in [-0.39, 0.29) is 11.6 Å². The maximum atomic E-state index is 13.2. The average Bonchev–Trinajstić information content (AvgIpc) is 2.43. The third-order valence-corrected chi connectivity index (χ3v) is 3.36. The van der Waals surface area contributed by atoms with Gasteiger partial charge in [0.2, 0.25) is 0 Å². The molecule has 0 aliphatic rings. The molecule has 0 fully saturated rings. The van der Waals surface area contributed by atoms with Crippen LogP contribution < -0.4 is 10.6 Å². The Balaban J connectivity index is 2.22. The molecule has 110 valence electrons. The summed E-state index contributed by atoms with van der Waals surface area (Å²) >= 11 is 5.94. The molecule has 0 heterocycles. The molecule has 21 heavy (non-hydrogen) atoms. The summed E-state index contributed by atoms with van der Waals surface area (Å²) in [7, 11) is 0. The molecule has 0 atom stereocenters. The minimum absolute atomic E-state index is 0.261. The van der Waals surface area contributed by atoms with Gasteiger partial charge in [0.25, 0.3) is 5.91 Å². The molecule has 1 amide bonds. The van der Waals surface area contributed by atoms with Crippen molar-refractivity contribution in [1.29, 1.82) is 0 Å². The lowest BCUT2D eigenvalue weighted by molar-refractivity contribution is 0.102. The van der Waals surface area contributed by atoms with Crippen molar-refractivity contribution in [3.8, 4) is 0 Å². The number of anilines is 2. The van der Waals surface area contributed by atoms with E-state index in [2.05, 4.69) is 10.6 Å². The van der Waals surface area contributed by atoms with E-state index in [0.29, 0.717) is 10.6 Å². The molecule has 0 aliphatic carbocycles. The summed E-state index contributed by atoms with van der Waals surface area (Å²) < 4.78 is 13.2. The van der Waals surface area contributed by atoms with Crippen LogP contribution in [-0.2, 0) is 0 Å². The highest BCUT2D eigenvalue weighted by atomic mass is 35.5. The molecule has 2 N–H and O–H groups in total. The quantitative estimate of drug-likeness (QED) is 0.875. The van der Waals surface area contributed by atoms with Crippen LogP contribution in [0.5, 0.6) is 0 Å². The van der Waals surface area contributed by atoms with E-state index < -0.39 is 5.82 Å². The summed E-state index contributed by atoms with van der Waals surface area (Å²) in [5, 5.41) is 6.10. The SMILES string of the molecule is CCNc1ccc(C(=O)Nc2cc(F)ccc2Cl)c(C)c1. The number of nitrogens with one attached hydrogen (secondary N) is 2. The van der Waals surface area contributed by atoms with Gasteiger partial charge in [-0.3, -0.25) is 4.79 Å². The van der Waals surface area contributed by atoms with Crippen LogP contribution in [0.1, 0.15) is 22.8 Å². The number of hydrogen-bond acceptors (Lipinski definition) is 2. The van der Waals surface area contributed by atoms with Gasteiger partial charge in [0.15, 0.2) is 0 Å². The van der Waals surface area contributed by atoms with E-state index >= 15 is 0 Å². The molecule has 0 unspecified atom stereocenters. The third-order valence-electron chi connectivity index (χ3n) is 3.03. The number of halogens is 2. The third kappa shape index (κ3) is 3.73. The summed E-state index contributed by atoms with van der Waals surface area (Å²) in [6.07, 6.45) is 0. The second-order valence-electron chi connectivity index (χ2n) is 4.64. The maximum Gasteiger partial charge on any atom is 0.255 e. The van der Waals surface area contributed by atoms with E-state index in [1.807, 2.05) is 26.0 Å². The Labute approximate surface area is 128 Å². The van der Waals surface area contributed by atoms with Crippen molar-refractivity contribution in [2.75, 3.05) is 17.2 Å². The Hall–Kier alpha value is -2.07. The highest BCUT2D eigenvalue weighted by Gasteiger charge is 2.12. The fourth-order valence-electron chi connectivity index (χ4n) is 2.02. The number of aryl methyl sites for hydroxylation is 1. The van der Waals surface area contributed by atoms with Crippen molar-refractivity contribution in [1.82, 2.24) is 0 Å². The average molecular weight is 307 g/mol. The standard InChI is InChI=1S/C16H16ClFN2O/c1-3-19-12-5-6-13(10(2)8-12)16(21)20-15-9-11(18)4-7-14(15)17/h4-9,19H,3H2,1-2H3,(H,20,21). The molecular weight excluding hydrogens is 291 g/mol. The minimum atomic E-state index is -0.450. The molecule has 0 radical (unpaired) electrons. The van der Waals surface area contributed by atoms with E-state index in [1.54, 1.807) is 6.07 Å². The van der Waals surface area contributed by atoms with Gasteiger partial charge in [-0.1, -0.05) is 11.6 Å². The van der Waals surface area contributed by atoms with Crippen LogP contribution in [0.15, 0.2) is 36.4 Å². The largest absolute Gasteiger partial charge is 0.385 e. The zero-order chi connectivity index (χ0) is 15.4. The Kier molecular flexibility index (Phi) is 4.81. The van der Waals surface area contributed by atoms with Crippen LogP contribution in [0.25, 0.3) is 0 Å². The van der Waals surface area contributed by atoms with E-state index in [9.17, 15) is 9.18 Å². The lowest BCUT2D eigenvalue weighted by Crippen LogP contribution is -2.14. The highest BCUT2D eigenvalue weighted by molar-refractivity contribution is 6.33. The molecule has 3 nitrogen and oxygen atoms in total. The Bertz CT molecular complexity index is 673. The smallest absolute Gasteiger partial charge is 0.255 e. The van der Waals surface area contributed by atoms with Gasteiger partial charge in [-0.05, 0) is 55.8 Å². The van der Waals surface area contributed by atoms with Crippen LogP contribution in [0.3, 0.4) is 0 Å². The lowest BCUT2D eigenvalue weighted by atomic mass is 10.1. The van der Waals surface area contributed by atoms with E-state index in [4.69, 9.17) is 11.6 Å². The van der Waals surface area contributed by atoms with Crippen molar-refractivity contribution in [2.45, 2.75) is 13.8 Å². The summed E-state index contributed by atoms with van der Waals surface area (Å²) in [6, 6.07) is 9.31. The van der Waals surface area contributed by atoms with Gasteiger partial charge >= 0.3 is 0 Å². The van der Waals surface area contributed by atoms with E-state index in [0.717, 1.165) is 17.8 Å². The molecule has 2 rings (SSSR count). The van der Waals surface area contributed by atoms with Gasteiger partial charge in [-0.2, -0.15) is 0 Å². The predicted octanol–water partition coefficient (Wildman–Crippen LogP) is 4.47. The number of rotatable bonds is 4. The van der Waals surface area contributed by atoms with Crippen molar-refractivity contribution >= 4 is 28.9 Å². The van der Waals surface area contributed by atoms with Crippen molar-refractivity contribution in [3.63, 3.8) is 0 Å². The van der Waals surface area contributed by atoms with Crippen LogP contribution in [0.4, 0.5) is 15.8 Å². The van der Waals surface area contributed by atoms with Crippen LogP contribution >= 0.6 is 11.6 Å². The molecule has 0 aliphatic heterocycles. The molecule has 5 heteroatoms. The summed E-state index contributed by atoms with van der Waals surface area (Å²) in [4.78, 5) is 12.3. The maximum absolute atomic E-state index is 13.2. The van der Waals surface area contributed by atoms with Crippen molar-refractivity contribution in [2.24, 2.45) is 0 Å². The van der Waals surface area contributed by atoms with Crippen LogP contribution in [-0.4, -0.2) is 12.5 Å². The number of hydrogen-bond donors (Lipinski definition) is 2. The number of benzene rings is 2. The van der Waals surface area contributed by atoms with Gasteiger partial charge in [0, 0.05) is 17.8 Å². The Morgan fingerprint density at radius 2 is 2.00 bits per heavy atom. The molecular formula is C16H16ClFN2O. The van der Waals surface area contributed by atoms with Gasteiger partial charge in [0.1, 0.15) is 5.82 Å². The molecule has 2 aromatic rings. The van der Waals surface area contributed by atoms with E-state index in [1.165, 1.54) is 18.2 Å². The minimum Gasteiger partial charge on any atom is -0.385 e. The first-order valence-electron chi connectivity index (χ1n) is 6.62. The first kappa shape index (κ1) is 15.3. The van der Waals surface area contributed by atoms with Gasteiger partial charge in [0.05, 0.1) is 10.7 Å². The van der Waals surface area contributed by atoms with Crippen LogP contribution in [0.2, 0.25) is 5.02 Å². The zero-order valence-corrected chi connectivity index (χ0v) is 12.6. The zero-order valence-electron chi connectivity index (χ0n) is 11.8. The van der Waals surface area contributed by atoms with Crippen molar-refractivity contribution < 1.29 is 9.18 Å². The number of carbonyl (C=O) groups is 1. The Morgan fingerprint density at radius 3 is 2.67 bits per heavy atom. The monoisotopic (exact) mass is 306 g/mol. The fourth-order valence-corrected chi connectivity index (χ4v) is 2.18. The second kappa shape index (κ2) is 6.59. The normalized spacial score (nSPS) is 10.3. The molecule has 0 saturated heterocycles. The Morgan fingerprint density at radius 1 is 1.24 bits per heavy atom. The van der Waals surface area contributed by atoms with Gasteiger partial charge in [-0.25, -0.2) is 4.39 Å².